The first-order valence-corrected chi connectivity index (χ1v) is 11.7. The highest BCUT2D eigenvalue weighted by atomic mass is 16.5. The van der Waals surface area contributed by atoms with Crippen LogP contribution in [-0.4, -0.2) is 34.0 Å². The Morgan fingerprint density at radius 2 is 1.86 bits per heavy atom. The van der Waals surface area contributed by atoms with Crippen molar-refractivity contribution in [3.8, 4) is 22.8 Å². The van der Waals surface area contributed by atoms with Crippen molar-refractivity contribution in [3.05, 3.63) is 84.3 Å². The van der Waals surface area contributed by atoms with Crippen LogP contribution in [0.1, 0.15) is 28.8 Å². The standard InChI is InChI=1S/C27H26N6O3/c28-23-16-18-3-5-22(23)24-9-13-31-27(33-24)32-20-4-6-25(36-21-7-11-29-12-8-21)19(15-20)17-35-14-2-1-10-30-26(18)34/h3-9,11-13,15-16H,1-2,10,14,17,28H2,(H,30,34)(H,31,32,33). The molecule has 0 atom stereocenters. The van der Waals surface area contributed by atoms with Crippen LogP contribution < -0.4 is 21.1 Å². The predicted octanol–water partition coefficient (Wildman–Crippen LogP) is 4.70. The van der Waals surface area contributed by atoms with Crippen LogP contribution in [0.25, 0.3) is 11.3 Å². The van der Waals surface area contributed by atoms with E-state index in [4.69, 9.17) is 15.2 Å². The minimum absolute atomic E-state index is 0.161. The number of aromatic nitrogens is 3. The molecule has 6 rings (SSSR count). The molecule has 4 aromatic rings. The van der Waals surface area contributed by atoms with E-state index in [9.17, 15) is 4.79 Å². The van der Waals surface area contributed by atoms with Crippen LogP contribution in [0.15, 0.2) is 73.2 Å². The number of fused-ring (bicyclic) bond motifs is 9. The van der Waals surface area contributed by atoms with Gasteiger partial charge in [0.1, 0.15) is 11.5 Å². The highest BCUT2D eigenvalue weighted by Gasteiger charge is 2.13. The van der Waals surface area contributed by atoms with Gasteiger partial charge in [-0.25, -0.2) is 9.97 Å². The highest BCUT2D eigenvalue weighted by Crippen LogP contribution is 2.30. The van der Waals surface area contributed by atoms with Crippen LogP contribution in [-0.2, 0) is 11.3 Å². The molecule has 2 aromatic carbocycles. The Labute approximate surface area is 208 Å². The molecule has 2 aromatic heterocycles. The number of amides is 1. The largest absolute Gasteiger partial charge is 0.457 e. The molecular formula is C27H26N6O3. The maximum Gasteiger partial charge on any atom is 0.251 e. The monoisotopic (exact) mass is 482 g/mol. The van der Waals surface area contributed by atoms with Crippen molar-refractivity contribution in [2.75, 3.05) is 24.2 Å². The molecule has 0 radical (unpaired) electrons. The number of benzene rings is 2. The molecule has 6 bridgehead atoms. The zero-order chi connectivity index (χ0) is 24.7. The van der Waals surface area contributed by atoms with Gasteiger partial charge in [-0.15, -0.1) is 0 Å². The van der Waals surface area contributed by atoms with Gasteiger partial charge in [0.25, 0.3) is 5.91 Å². The molecule has 36 heavy (non-hydrogen) atoms. The average Bonchev–Trinajstić information content (AvgIpc) is 2.89. The lowest BCUT2D eigenvalue weighted by molar-refractivity contribution is 0.0945. The second-order valence-electron chi connectivity index (χ2n) is 8.32. The molecule has 4 N–H and O–H groups in total. The normalized spacial score (nSPS) is 14.1. The number of nitrogens with two attached hydrogens (primary N) is 1. The highest BCUT2D eigenvalue weighted by molar-refractivity contribution is 5.96. The predicted molar refractivity (Wildman–Crippen MR) is 137 cm³/mol. The van der Waals surface area contributed by atoms with Gasteiger partial charge in [-0.1, -0.05) is 0 Å². The summed E-state index contributed by atoms with van der Waals surface area (Å²) >= 11 is 0. The molecule has 2 aliphatic rings. The van der Waals surface area contributed by atoms with Crippen molar-refractivity contribution in [3.63, 3.8) is 0 Å². The van der Waals surface area contributed by atoms with Gasteiger partial charge in [0.15, 0.2) is 0 Å². The third-order valence-corrected chi connectivity index (χ3v) is 5.70. The fourth-order valence-corrected chi connectivity index (χ4v) is 3.85. The first kappa shape index (κ1) is 23.3. The van der Waals surface area contributed by atoms with Crippen molar-refractivity contribution in [2.45, 2.75) is 19.4 Å². The van der Waals surface area contributed by atoms with E-state index in [1.54, 1.807) is 48.9 Å². The molecular weight excluding hydrogens is 456 g/mol. The summed E-state index contributed by atoms with van der Waals surface area (Å²) < 4.78 is 12.0. The van der Waals surface area contributed by atoms with Crippen molar-refractivity contribution in [1.29, 1.82) is 0 Å². The number of anilines is 3. The van der Waals surface area contributed by atoms with Crippen LogP contribution >= 0.6 is 0 Å². The summed E-state index contributed by atoms with van der Waals surface area (Å²) in [6, 6.07) is 16.4. The van der Waals surface area contributed by atoms with E-state index in [1.165, 1.54) is 0 Å². The quantitative estimate of drug-likeness (QED) is 0.351. The molecule has 0 saturated heterocycles. The lowest BCUT2D eigenvalue weighted by atomic mass is 10.1. The number of hydrogen-bond donors (Lipinski definition) is 3. The Morgan fingerprint density at radius 1 is 0.972 bits per heavy atom. The number of pyridine rings is 1. The lowest BCUT2D eigenvalue weighted by Crippen LogP contribution is -2.24. The third kappa shape index (κ3) is 5.59. The summed E-state index contributed by atoms with van der Waals surface area (Å²) in [5.74, 6) is 1.63. The van der Waals surface area contributed by atoms with E-state index in [1.807, 2.05) is 24.3 Å². The van der Waals surface area contributed by atoms with Gasteiger partial charge in [-0.3, -0.25) is 9.78 Å². The molecule has 0 saturated carbocycles. The second kappa shape index (κ2) is 10.8. The van der Waals surface area contributed by atoms with Crippen LogP contribution in [0.3, 0.4) is 0 Å². The van der Waals surface area contributed by atoms with E-state index in [0.717, 1.165) is 29.7 Å². The van der Waals surface area contributed by atoms with Gasteiger partial charge in [0.2, 0.25) is 5.95 Å². The molecule has 1 amide bonds. The minimum atomic E-state index is -0.161. The Balaban J connectivity index is 1.47. The van der Waals surface area contributed by atoms with E-state index < -0.39 is 0 Å². The number of nitrogens with zero attached hydrogens (tertiary/aromatic N) is 3. The third-order valence-electron chi connectivity index (χ3n) is 5.70. The van der Waals surface area contributed by atoms with Gasteiger partial charge in [0.05, 0.1) is 12.3 Å². The molecule has 9 heteroatoms. The number of carbonyl (C=O) groups excluding carboxylic acids is 1. The smallest absolute Gasteiger partial charge is 0.251 e. The average molecular weight is 483 g/mol. The molecule has 0 spiro atoms. The van der Waals surface area contributed by atoms with E-state index >= 15 is 0 Å². The number of hydrogen-bond acceptors (Lipinski definition) is 8. The number of carbonyl (C=O) groups is 1. The number of nitrogens with one attached hydrogen (secondary N) is 2. The van der Waals surface area contributed by atoms with E-state index in [0.29, 0.717) is 54.2 Å². The van der Waals surface area contributed by atoms with Crippen LogP contribution in [0.5, 0.6) is 11.5 Å². The fourth-order valence-electron chi connectivity index (χ4n) is 3.85. The molecule has 0 fully saturated rings. The SMILES string of the molecule is Nc1cc2ccc1-c1ccnc(n1)Nc1ccc(Oc3ccncc3)c(c1)COCCCCNC2=O. The first-order chi connectivity index (χ1) is 17.7. The molecule has 4 heterocycles. The van der Waals surface area contributed by atoms with Gasteiger partial charge in [-0.2, -0.15) is 0 Å². The molecule has 0 unspecified atom stereocenters. The number of nitrogen functional groups attached to an aromatic ring is 1. The zero-order valence-electron chi connectivity index (χ0n) is 19.6. The van der Waals surface area contributed by atoms with Crippen molar-refractivity contribution in [1.82, 2.24) is 20.3 Å². The van der Waals surface area contributed by atoms with E-state index in [2.05, 4.69) is 25.6 Å². The maximum absolute atomic E-state index is 12.5. The summed E-state index contributed by atoms with van der Waals surface area (Å²) in [7, 11) is 0. The van der Waals surface area contributed by atoms with Gasteiger partial charge >= 0.3 is 0 Å². The maximum atomic E-state index is 12.5. The molecule has 182 valence electrons. The van der Waals surface area contributed by atoms with Crippen molar-refractivity contribution in [2.24, 2.45) is 0 Å². The summed E-state index contributed by atoms with van der Waals surface area (Å²) in [4.78, 5) is 25.5. The Bertz CT molecular complexity index is 1360. The topological polar surface area (TPSA) is 124 Å². The van der Waals surface area contributed by atoms with Gasteiger partial charge < -0.3 is 25.8 Å². The minimum Gasteiger partial charge on any atom is -0.457 e. The lowest BCUT2D eigenvalue weighted by Gasteiger charge is -2.14. The summed E-state index contributed by atoms with van der Waals surface area (Å²) in [5.41, 5.74) is 10.3. The Morgan fingerprint density at radius 3 is 2.72 bits per heavy atom. The number of rotatable bonds is 2. The fraction of sp³-hybridized carbons (Fsp3) is 0.185. The first-order valence-electron chi connectivity index (χ1n) is 11.7. The molecule has 2 aliphatic heterocycles. The Hall–Kier alpha value is -4.50. The summed E-state index contributed by atoms with van der Waals surface area (Å²) in [6.07, 6.45) is 6.63. The molecule has 9 nitrogen and oxygen atoms in total. The zero-order valence-corrected chi connectivity index (χ0v) is 19.6. The Kier molecular flexibility index (Phi) is 7.00. The summed E-state index contributed by atoms with van der Waals surface area (Å²) in [5, 5.41) is 6.20. The van der Waals surface area contributed by atoms with Gasteiger partial charge in [-0.05, 0) is 67.4 Å². The van der Waals surface area contributed by atoms with E-state index in [-0.39, 0.29) is 5.91 Å². The second-order valence-corrected chi connectivity index (χ2v) is 8.32. The van der Waals surface area contributed by atoms with Crippen LogP contribution in [0.2, 0.25) is 0 Å². The number of ether oxygens (including phenoxy) is 2. The van der Waals surface area contributed by atoms with Gasteiger partial charge in [0, 0.05) is 59.8 Å². The van der Waals surface area contributed by atoms with Crippen molar-refractivity contribution < 1.29 is 14.3 Å². The van der Waals surface area contributed by atoms with Crippen LogP contribution in [0.4, 0.5) is 17.3 Å². The van der Waals surface area contributed by atoms with Crippen molar-refractivity contribution >= 4 is 23.2 Å². The van der Waals surface area contributed by atoms with Crippen LogP contribution in [0, 0.1) is 0 Å². The molecule has 0 aliphatic carbocycles. The summed E-state index contributed by atoms with van der Waals surface area (Å²) in [6.45, 7) is 1.47.